The minimum atomic E-state index is -0.122. The summed E-state index contributed by atoms with van der Waals surface area (Å²) in [5.74, 6) is 0.857. The molecule has 3 N–H and O–H groups in total. The van der Waals surface area contributed by atoms with E-state index >= 15 is 0 Å². The number of rotatable bonds is 8. The van der Waals surface area contributed by atoms with Gasteiger partial charge in [0, 0.05) is 12.0 Å². The van der Waals surface area contributed by atoms with Crippen molar-refractivity contribution in [1.29, 1.82) is 5.26 Å². The lowest BCUT2D eigenvalue weighted by molar-refractivity contribution is 0.342. The van der Waals surface area contributed by atoms with Crippen molar-refractivity contribution >= 4 is 11.0 Å². The molecule has 0 unspecified atom stereocenters. The highest BCUT2D eigenvalue weighted by molar-refractivity contribution is 5.79. The predicted octanol–water partition coefficient (Wildman–Crippen LogP) is 3.89. The molecule has 3 rings (SSSR count). The van der Waals surface area contributed by atoms with Crippen molar-refractivity contribution in [1.82, 2.24) is 5.32 Å². The van der Waals surface area contributed by atoms with Crippen molar-refractivity contribution in [3.63, 3.8) is 0 Å². The van der Waals surface area contributed by atoms with Crippen molar-refractivity contribution < 1.29 is 4.42 Å². The molecule has 150 valence electrons. The molecule has 1 aromatic heterocycles. The van der Waals surface area contributed by atoms with E-state index < -0.39 is 0 Å². The Balaban J connectivity index is 2.18. The number of nitrogens with zero attached hydrogens (tertiary/aromatic N) is 1. The van der Waals surface area contributed by atoms with E-state index in [-0.39, 0.29) is 17.4 Å². The van der Waals surface area contributed by atoms with Gasteiger partial charge in [-0.2, -0.15) is 5.26 Å². The number of fused-ring (bicyclic) bond motifs is 1. The van der Waals surface area contributed by atoms with Crippen LogP contribution in [0.1, 0.15) is 48.8 Å². The normalized spacial score (nSPS) is 12.2. The molecule has 0 radical (unpaired) electrons. The highest BCUT2D eigenvalue weighted by Crippen LogP contribution is 2.28. The molecule has 0 saturated heterocycles. The van der Waals surface area contributed by atoms with Gasteiger partial charge < -0.3 is 15.5 Å². The molecule has 0 aliphatic carbocycles. The molecule has 29 heavy (non-hydrogen) atoms. The minimum Gasteiger partial charge on any atom is -0.459 e. The topological polar surface area (TPSA) is 92.0 Å². The fourth-order valence-electron chi connectivity index (χ4n) is 3.53. The first-order valence-electron chi connectivity index (χ1n) is 10.0. The summed E-state index contributed by atoms with van der Waals surface area (Å²) in [6.45, 7) is 5.54. The number of hydrogen-bond donors (Lipinski definition) is 2. The molecule has 0 fully saturated rings. The van der Waals surface area contributed by atoms with Crippen LogP contribution in [0.25, 0.3) is 11.0 Å². The molecular formula is C24H27N3O2. The van der Waals surface area contributed by atoms with Gasteiger partial charge in [-0.3, -0.25) is 4.79 Å². The summed E-state index contributed by atoms with van der Waals surface area (Å²) >= 11 is 0. The van der Waals surface area contributed by atoms with Gasteiger partial charge in [-0.15, -0.1) is 0 Å². The molecule has 5 heteroatoms. The smallest absolute Gasteiger partial charge is 0.196 e. The molecule has 3 aromatic rings. The van der Waals surface area contributed by atoms with Crippen LogP contribution in [-0.2, 0) is 6.42 Å². The largest absolute Gasteiger partial charge is 0.459 e. The van der Waals surface area contributed by atoms with Crippen LogP contribution < -0.4 is 16.5 Å². The highest BCUT2D eigenvalue weighted by Gasteiger charge is 2.25. The second kappa shape index (κ2) is 9.51. The zero-order valence-electron chi connectivity index (χ0n) is 16.9. The Morgan fingerprint density at radius 2 is 1.93 bits per heavy atom. The molecule has 1 heterocycles. The molecule has 1 atom stereocenters. The molecule has 0 amide bonds. The van der Waals surface area contributed by atoms with Gasteiger partial charge in [-0.05, 0) is 49.2 Å². The van der Waals surface area contributed by atoms with Crippen molar-refractivity contribution in [2.75, 3.05) is 13.1 Å². The van der Waals surface area contributed by atoms with Crippen LogP contribution in [0.15, 0.2) is 57.7 Å². The van der Waals surface area contributed by atoms with Crippen molar-refractivity contribution in [3.05, 3.63) is 81.2 Å². The Bertz CT molecular complexity index is 1070. The van der Waals surface area contributed by atoms with E-state index in [2.05, 4.69) is 25.2 Å². The molecule has 2 aromatic carbocycles. The van der Waals surface area contributed by atoms with E-state index in [1.165, 1.54) is 0 Å². The zero-order chi connectivity index (χ0) is 20.8. The molecule has 0 aliphatic rings. The molecule has 5 nitrogen and oxygen atoms in total. The minimum absolute atomic E-state index is 0.0409. The van der Waals surface area contributed by atoms with Crippen LogP contribution in [0.5, 0.6) is 0 Å². The van der Waals surface area contributed by atoms with Crippen LogP contribution in [0.4, 0.5) is 0 Å². The van der Waals surface area contributed by atoms with Crippen LogP contribution in [0.3, 0.4) is 0 Å². The Labute approximate surface area is 171 Å². The summed E-state index contributed by atoms with van der Waals surface area (Å²) in [5, 5.41) is 13.2. The fraction of sp³-hybridized carbons (Fsp3) is 0.333. The van der Waals surface area contributed by atoms with Crippen molar-refractivity contribution in [2.45, 2.75) is 32.7 Å². The summed E-state index contributed by atoms with van der Waals surface area (Å²) in [4.78, 5) is 13.4. The van der Waals surface area contributed by atoms with Gasteiger partial charge in [0.15, 0.2) is 5.43 Å². The standard InChI is InChI=1S/C24H27N3O2/c1-16(2)22(27-12-6-11-25)24-20(13-17-7-4-3-5-8-17)23(28)19-10-9-18(15-26)14-21(19)29-24/h3-5,7-10,14,16,22,27H,6,11-13,25H2,1-2H3/t22-/m1/s1. The maximum absolute atomic E-state index is 13.4. The maximum atomic E-state index is 13.4. The summed E-state index contributed by atoms with van der Waals surface area (Å²) in [6, 6.07) is 16.9. The lowest BCUT2D eigenvalue weighted by atomic mass is 9.93. The molecular weight excluding hydrogens is 362 g/mol. The second-order valence-electron chi connectivity index (χ2n) is 7.58. The van der Waals surface area contributed by atoms with E-state index in [1.807, 2.05) is 30.3 Å². The van der Waals surface area contributed by atoms with Gasteiger partial charge in [-0.1, -0.05) is 44.2 Å². The van der Waals surface area contributed by atoms with Gasteiger partial charge in [0.1, 0.15) is 11.3 Å². The molecule has 0 bridgehead atoms. The SMILES string of the molecule is CC(C)[C@@H](NCCCN)c1oc2cc(C#N)ccc2c(=O)c1Cc1ccccc1. The Hall–Kier alpha value is -2.94. The second-order valence-corrected chi connectivity index (χ2v) is 7.58. The van der Waals surface area contributed by atoms with E-state index in [4.69, 9.17) is 10.2 Å². The number of nitrogens with two attached hydrogens (primary N) is 1. The van der Waals surface area contributed by atoms with E-state index in [0.717, 1.165) is 18.5 Å². The van der Waals surface area contributed by atoms with Crippen LogP contribution in [-0.4, -0.2) is 13.1 Å². The predicted molar refractivity (Wildman–Crippen MR) is 116 cm³/mol. The quantitative estimate of drug-likeness (QED) is 0.570. The number of hydrogen-bond acceptors (Lipinski definition) is 5. The summed E-state index contributed by atoms with van der Waals surface area (Å²) in [6.07, 6.45) is 1.34. The zero-order valence-corrected chi connectivity index (χ0v) is 16.9. The third-order valence-electron chi connectivity index (χ3n) is 5.06. The lowest BCUT2D eigenvalue weighted by Crippen LogP contribution is -2.30. The summed E-state index contributed by atoms with van der Waals surface area (Å²) in [7, 11) is 0. The first kappa shape index (κ1) is 20.8. The van der Waals surface area contributed by atoms with Crippen LogP contribution in [0.2, 0.25) is 0 Å². The van der Waals surface area contributed by atoms with Gasteiger partial charge in [-0.25, -0.2) is 0 Å². The molecule has 0 spiro atoms. The lowest BCUT2D eigenvalue weighted by Gasteiger charge is -2.24. The Kier molecular flexibility index (Phi) is 6.82. The number of benzene rings is 2. The fourth-order valence-corrected chi connectivity index (χ4v) is 3.53. The average Bonchev–Trinajstić information content (AvgIpc) is 2.73. The third-order valence-corrected chi connectivity index (χ3v) is 5.06. The van der Waals surface area contributed by atoms with Crippen molar-refractivity contribution in [3.8, 4) is 6.07 Å². The molecule has 0 saturated carbocycles. The highest BCUT2D eigenvalue weighted by atomic mass is 16.3. The first-order valence-corrected chi connectivity index (χ1v) is 10.0. The number of nitriles is 1. The Morgan fingerprint density at radius 3 is 2.59 bits per heavy atom. The van der Waals surface area contributed by atoms with Gasteiger partial charge in [0.05, 0.1) is 23.1 Å². The number of nitrogens with one attached hydrogen (secondary N) is 1. The average molecular weight is 389 g/mol. The summed E-state index contributed by atoms with van der Waals surface area (Å²) in [5.41, 5.74) is 8.24. The van der Waals surface area contributed by atoms with Gasteiger partial charge in [0.2, 0.25) is 0 Å². The van der Waals surface area contributed by atoms with Crippen LogP contribution >= 0.6 is 0 Å². The van der Waals surface area contributed by atoms with Crippen LogP contribution in [0, 0.1) is 17.2 Å². The van der Waals surface area contributed by atoms with Gasteiger partial charge >= 0.3 is 0 Å². The molecule has 0 aliphatic heterocycles. The maximum Gasteiger partial charge on any atom is 0.196 e. The van der Waals surface area contributed by atoms with Gasteiger partial charge in [0.25, 0.3) is 0 Å². The summed E-state index contributed by atoms with van der Waals surface area (Å²) < 4.78 is 6.30. The monoisotopic (exact) mass is 389 g/mol. The van der Waals surface area contributed by atoms with E-state index in [0.29, 0.717) is 40.8 Å². The van der Waals surface area contributed by atoms with E-state index in [1.54, 1.807) is 18.2 Å². The third kappa shape index (κ3) is 4.73. The van der Waals surface area contributed by atoms with E-state index in [9.17, 15) is 10.1 Å². The van der Waals surface area contributed by atoms with Crippen molar-refractivity contribution in [2.24, 2.45) is 11.7 Å². The Morgan fingerprint density at radius 1 is 1.17 bits per heavy atom. The first-order chi connectivity index (χ1) is 14.0.